The normalized spacial score (nSPS) is 18.2. The number of halogens is 3. The van der Waals surface area contributed by atoms with Crippen molar-refractivity contribution in [3.63, 3.8) is 0 Å². The van der Waals surface area contributed by atoms with Crippen LogP contribution in [0.4, 0.5) is 5.69 Å². The van der Waals surface area contributed by atoms with Crippen LogP contribution in [0.5, 0.6) is 11.5 Å². The van der Waals surface area contributed by atoms with Crippen LogP contribution in [-0.2, 0) is 6.42 Å². The molecule has 0 aliphatic carbocycles. The summed E-state index contributed by atoms with van der Waals surface area (Å²) in [5.41, 5.74) is 2.14. The van der Waals surface area contributed by atoms with Crippen LogP contribution >= 0.6 is 39.1 Å². The Hall–Kier alpha value is -1.14. The molecule has 0 atom stereocenters. The van der Waals surface area contributed by atoms with Crippen LogP contribution < -0.4 is 14.4 Å². The molecular weight excluding hydrogens is 487 g/mol. The Balaban J connectivity index is 1.24. The van der Waals surface area contributed by atoms with E-state index in [4.69, 9.17) is 32.7 Å². The maximum absolute atomic E-state index is 6.15. The zero-order valence-electron chi connectivity index (χ0n) is 17.4. The summed E-state index contributed by atoms with van der Waals surface area (Å²) in [6, 6.07) is 9.88. The fraction of sp³-hybridized carbons (Fsp3) is 0.478. The minimum Gasteiger partial charge on any atom is -0.490 e. The Kier molecular flexibility index (Phi) is 6.73. The maximum Gasteiger partial charge on any atom is 0.165 e. The molecule has 4 rings (SSSR count). The molecule has 7 heteroatoms. The molecule has 1 saturated heterocycles. The number of ether oxygens (including phenoxy) is 2. The van der Waals surface area contributed by atoms with Crippen LogP contribution in [0.25, 0.3) is 0 Å². The highest BCUT2D eigenvalue weighted by Gasteiger charge is 2.33. The summed E-state index contributed by atoms with van der Waals surface area (Å²) in [6.45, 7) is 9.91. The van der Waals surface area contributed by atoms with E-state index in [9.17, 15) is 0 Å². The predicted octanol–water partition coefficient (Wildman–Crippen LogP) is 6.06. The average molecular weight is 514 g/mol. The van der Waals surface area contributed by atoms with Crippen molar-refractivity contribution in [1.29, 1.82) is 0 Å². The molecule has 162 valence electrons. The average Bonchev–Trinajstić information content (AvgIpc) is 2.98. The van der Waals surface area contributed by atoms with Crippen molar-refractivity contribution in [2.45, 2.75) is 32.3 Å². The Bertz CT molecular complexity index is 894. The smallest absolute Gasteiger partial charge is 0.165 e. The SMILES string of the molecule is CC1(C)Cc2cc(Br)cc(OCCCN3CCN(c4cc(Cl)cc(Cl)c4)CC3)c2O1. The molecule has 0 spiro atoms. The topological polar surface area (TPSA) is 24.9 Å². The molecule has 0 unspecified atom stereocenters. The zero-order valence-corrected chi connectivity index (χ0v) is 20.5. The van der Waals surface area contributed by atoms with Gasteiger partial charge in [0.05, 0.1) is 6.61 Å². The third kappa shape index (κ3) is 5.37. The molecule has 30 heavy (non-hydrogen) atoms. The number of benzene rings is 2. The second-order valence-electron chi connectivity index (χ2n) is 8.59. The minimum absolute atomic E-state index is 0.172. The highest BCUT2D eigenvalue weighted by molar-refractivity contribution is 9.10. The zero-order chi connectivity index (χ0) is 21.3. The Morgan fingerprint density at radius 1 is 1.03 bits per heavy atom. The van der Waals surface area contributed by atoms with E-state index in [0.717, 1.165) is 67.2 Å². The Morgan fingerprint density at radius 3 is 2.43 bits per heavy atom. The first kappa shape index (κ1) is 22.1. The van der Waals surface area contributed by atoms with E-state index in [-0.39, 0.29) is 5.60 Å². The maximum atomic E-state index is 6.15. The van der Waals surface area contributed by atoms with E-state index < -0.39 is 0 Å². The largest absolute Gasteiger partial charge is 0.490 e. The molecule has 2 aliphatic heterocycles. The van der Waals surface area contributed by atoms with Crippen molar-refractivity contribution in [2.75, 3.05) is 44.2 Å². The van der Waals surface area contributed by atoms with E-state index in [1.165, 1.54) is 5.56 Å². The van der Waals surface area contributed by atoms with Crippen molar-refractivity contribution >= 4 is 44.8 Å². The number of rotatable bonds is 6. The molecule has 0 N–H and O–H groups in total. The lowest BCUT2D eigenvalue weighted by molar-refractivity contribution is 0.131. The van der Waals surface area contributed by atoms with Crippen molar-refractivity contribution in [3.05, 3.63) is 50.4 Å². The number of hydrogen-bond acceptors (Lipinski definition) is 4. The van der Waals surface area contributed by atoms with Gasteiger partial charge in [-0.05, 0) is 50.6 Å². The third-order valence-corrected chi connectivity index (χ3v) is 6.45. The van der Waals surface area contributed by atoms with Gasteiger partial charge in [0.1, 0.15) is 5.60 Å². The highest BCUT2D eigenvalue weighted by Crippen LogP contribution is 2.43. The van der Waals surface area contributed by atoms with E-state index in [0.29, 0.717) is 16.7 Å². The lowest BCUT2D eigenvalue weighted by Crippen LogP contribution is -2.46. The first-order chi connectivity index (χ1) is 14.3. The van der Waals surface area contributed by atoms with E-state index in [2.05, 4.69) is 45.6 Å². The molecule has 2 heterocycles. The molecule has 2 aliphatic rings. The van der Waals surface area contributed by atoms with Gasteiger partial charge >= 0.3 is 0 Å². The summed E-state index contributed by atoms with van der Waals surface area (Å²) >= 11 is 15.9. The van der Waals surface area contributed by atoms with Crippen LogP contribution in [0.2, 0.25) is 10.0 Å². The molecule has 4 nitrogen and oxygen atoms in total. The molecule has 2 aromatic rings. The number of hydrogen-bond donors (Lipinski definition) is 0. The van der Waals surface area contributed by atoms with Gasteiger partial charge in [-0.1, -0.05) is 39.1 Å². The molecule has 2 aromatic carbocycles. The number of nitrogens with zero attached hydrogens (tertiary/aromatic N) is 2. The number of fused-ring (bicyclic) bond motifs is 1. The van der Waals surface area contributed by atoms with Gasteiger partial charge < -0.3 is 14.4 Å². The summed E-state index contributed by atoms with van der Waals surface area (Å²) in [4.78, 5) is 4.83. The van der Waals surface area contributed by atoms with Gasteiger partial charge in [0.15, 0.2) is 11.5 Å². The van der Waals surface area contributed by atoms with Crippen LogP contribution in [0.15, 0.2) is 34.8 Å². The van der Waals surface area contributed by atoms with Gasteiger partial charge in [0, 0.05) is 64.9 Å². The minimum atomic E-state index is -0.172. The van der Waals surface area contributed by atoms with Crippen molar-refractivity contribution < 1.29 is 9.47 Å². The van der Waals surface area contributed by atoms with Gasteiger partial charge in [0.2, 0.25) is 0 Å². The molecule has 0 saturated carbocycles. The first-order valence-electron chi connectivity index (χ1n) is 10.4. The Labute approximate surface area is 197 Å². The van der Waals surface area contributed by atoms with Crippen molar-refractivity contribution in [1.82, 2.24) is 4.90 Å². The van der Waals surface area contributed by atoms with Gasteiger partial charge in [-0.2, -0.15) is 0 Å². The lowest BCUT2D eigenvalue weighted by atomic mass is 10.0. The van der Waals surface area contributed by atoms with Crippen molar-refractivity contribution in [2.24, 2.45) is 0 Å². The summed E-state index contributed by atoms with van der Waals surface area (Å²) in [5.74, 6) is 1.74. The van der Waals surface area contributed by atoms with Gasteiger partial charge in [0.25, 0.3) is 0 Å². The van der Waals surface area contributed by atoms with E-state index in [1.807, 2.05) is 18.2 Å². The van der Waals surface area contributed by atoms with Gasteiger partial charge in [-0.3, -0.25) is 4.90 Å². The van der Waals surface area contributed by atoms with Crippen LogP contribution in [-0.4, -0.2) is 49.8 Å². The fourth-order valence-corrected chi connectivity index (χ4v) is 5.17. The standard InChI is InChI=1S/C23H27BrCl2N2O2/c1-23(2)15-16-10-17(24)11-21(22(16)30-23)29-9-3-4-27-5-7-28(8-6-27)20-13-18(25)12-19(26)14-20/h10-14H,3-9,15H2,1-2H3. The number of piperazine rings is 1. The molecule has 0 bridgehead atoms. The highest BCUT2D eigenvalue weighted by atomic mass is 79.9. The summed E-state index contributed by atoms with van der Waals surface area (Å²) in [6.07, 6.45) is 1.88. The fourth-order valence-electron chi connectivity index (χ4n) is 4.17. The number of anilines is 1. The van der Waals surface area contributed by atoms with Gasteiger partial charge in [-0.25, -0.2) is 0 Å². The molecule has 0 aromatic heterocycles. The van der Waals surface area contributed by atoms with Crippen molar-refractivity contribution in [3.8, 4) is 11.5 Å². The van der Waals surface area contributed by atoms with E-state index in [1.54, 1.807) is 6.07 Å². The second-order valence-corrected chi connectivity index (χ2v) is 10.4. The molecular formula is C23H27BrCl2N2O2. The second kappa shape index (κ2) is 9.15. The monoisotopic (exact) mass is 512 g/mol. The Morgan fingerprint density at radius 2 is 1.73 bits per heavy atom. The molecule has 0 radical (unpaired) electrons. The molecule has 0 amide bonds. The summed E-state index contributed by atoms with van der Waals surface area (Å²) < 4.78 is 13.3. The van der Waals surface area contributed by atoms with E-state index >= 15 is 0 Å². The predicted molar refractivity (Wildman–Crippen MR) is 128 cm³/mol. The quantitative estimate of drug-likeness (QED) is 0.438. The lowest BCUT2D eigenvalue weighted by Gasteiger charge is -2.36. The summed E-state index contributed by atoms with van der Waals surface area (Å²) in [7, 11) is 0. The van der Waals surface area contributed by atoms with Crippen LogP contribution in [0.3, 0.4) is 0 Å². The third-order valence-electron chi connectivity index (χ3n) is 5.55. The van der Waals surface area contributed by atoms with Crippen LogP contribution in [0.1, 0.15) is 25.8 Å². The first-order valence-corrected chi connectivity index (χ1v) is 11.9. The molecule has 1 fully saturated rings. The summed E-state index contributed by atoms with van der Waals surface area (Å²) in [5, 5.41) is 1.37. The van der Waals surface area contributed by atoms with Gasteiger partial charge in [-0.15, -0.1) is 0 Å². The van der Waals surface area contributed by atoms with Crippen LogP contribution in [0, 0.1) is 0 Å².